The lowest BCUT2D eigenvalue weighted by Gasteiger charge is -2.18. The number of rotatable bonds is 7. The molecule has 2 unspecified atom stereocenters. The van der Waals surface area contributed by atoms with E-state index in [1.807, 2.05) is 38.1 Å². The van der Waals surface area contributed by atoms with Crippen LogP contribution in [0.1, 0.15) is 39.2 Å². The molecule has 0 aliphatic carbocycles. The summed E-state index contributed by atoms with van der Waals surface area (Å²) in [5.74, 6) is 0.0444. The first-order chi connectivity index (χ1) is 9.02. The minimum atomic E-state index is -0.210. The van der Waals surface area contributed by atoms with Crippen LogP contribution in [0.5, 0.6) is 0 Å². The van der Waals surface area contributed by atoms with Crippen LogP contribution >= 0.6 is 11.6 Å². The standard InChI is InChI=1S/C15H23ClN2O/c1-4-6-11(2)18-15(19)12(3)17-10-13-7-5-8-14(16)9-13/h5,7-9,11-12,17H,4,6,10H2,1-3H3,(H,18,19). The lowest BCUT2D eigenvalue weighted by atomic mass is 10.1. The Morgan fingerprint density at radius 2 is 2.11 bits per heavy atom. The summed E-state index contributed by atoms with van der Waals surface area (Å²) in [4.78, 5) is 11.9. The summed E-state index contributed by atoms with van der Waals surface area (Å²) in [5, 5.41) is 6.92. The van der Waals surface area contributed by atoms with Crippen molar-refractivity contribution in [2.45, 2.75) is 52.2 Å². The second-order valence-electron chi connectivity index (χ2n) is 4.93. The molecule has 19 heavy (non-hydrogen) atoms. The number of amides is 1. The number of hydrogen-bond acceptors (Lipinski definition) is 2. The molecule has 2 atom stereocenters. The van der Waals surface area contributed by atoms with E-state index in [0.717, 1.165) is 18.4 Å². The first kappa shape index (κ1) is 16.0. The lowest BCUT2D eigenvalue weighted by molar-refractivity contribution is -0.123. The Balaban J connectivity index is 2.38. The zero-order valence-electron chi connectivity index (χ0n) is 11.9. The first-order valence-electron chi connectivity index (χ1n) is 6.81. The van der Waals surface area contributed by atoms with Gasteiger partial charge in [0.25, 0.3) is 0 Å². The molecule has 0 aromatic heterocycles. The Labute approximate surface area is 120 Å². The number of carbonyl (C=O) groups excluding carboxylic acids is 1. The number of benzene rings is 1. The van der Waals surface area contributed by atoms with Crippen molar-refractivity contribution < 1.29 is 4.79 Å². The predicted molar refractivity (Wildman–Crippen MR) is 80.3 cm³/mol. The van der Waals surface area contributed by atoms with E-state index in [0.29, 0.717) is 11.6 Å². The van der Waals surface area contributed by atoms with E-state index in [4.69, 9.17) is 11.6 Å². The van der Waals surface area contributed by atoms with Crippen LogP contribution < -0.4 is 10.6 Å². The maximum atomic E-state index is 11.9. The smallest absolute Gasteiger partial charge is 0.237 e. The fraction of sp³-hybridized carbons (Fsp3) is 0.533. The van der Waals surface area contributed by atoms with E-state index in [1.165, 1.54) is 0 Å². The molecule has 0 heterocycles. The van der Waals surface area contributed by atoms with Crippen LogP contribution in [0.25, 0.3) is 0 Å². The van der Waals surface area contributed by atoms with Gasteiger partial charge in [0.2, 0.25) is 5.91 Å². The third-order valence-corrected chi connectivity index (χ3v) is 3.24. The Morgan fingerprint density at radius 1 is 1.37 bits per heavy atom. The van der Waals surface area contributed by atoms with E-state index < -0.39 is 0 Å². The molecule has 3 nitrogen and oxygen atoms in total. The molecule has 1 aromatic rings. The Morgan fingerprint density at radius 3 is 2.74 bits per heavy atom. The molecule has 0 fully saturated rings. The second-order valence-corrected chi connectivity index (χ2v) is 5.37. The highest BCUT2D eigenvalue weighted by atomic mass is 35.5. The predicted octanol–water partition coefficient (Wildman–Crippen LogP) is 3.12. The monoisotopic (exact) mass is 282 g/mol. The molecule has 0 spiro atoms. The molecule has 0 aliphatic rings. The first-order valence-corrected chi connectivity index (χ1v) is 7.19. The van der Waals surface area contributed by atoms with Crippen LogP contribution in [-0.2, 0) is 11.3 Å². The highest BCUT2D eigenvalue weighted by Crippen LogP contribution is 2.10. The fourth-order valence-corrected chi connectivity index (χ4v) is 2.10. The number of nitrogens with one attached hydrogen (secondary N) is 2. The number of halogens is 1. The summed E-state index contributed by atoms with van der Waals surface area (Å²) in [6.45, 7) is 6.66. The number of carbonyl (C=O) groups is 1. The molecule has 4 heteroatoms. The van der Waals surface area contributed by atoms with Crippen LogP contribution in [0.3, 0.4) is 0 Å². The van der Waals surface area contributed by atoms with Gasteiger partial charge in [-0.2, -0.15) is 0 Å². The third kappa shape index (κ3) is 6.08. The van der Waals surface area contributed by atoms with Crippen molar-refractivity contribution >= 4 is 17.5 Å². The van der Waals surface area contributed by atoms with Crippen LogP contribution in [0.2, 0.25) is 5.02 Å². The van der Waals surface area contributed by atoms with E-state index >= 15 is 0 Å². The highest BCUT2D eigenvalue weighted by molar-refractivity contribution is 6.30. The molecular formula is C15H23ClN2O. The van der Waals surface area contributed by atoms with Gasteiger partial charge in [-0.3, -0.25) is 4.79 Å². The van der Waals surface area contributed by atoms with E-state index in [-0.39, 0.29) is 18.0 Å². The second kappa shape index (κ2) is 8.18. The van der Waals surface area contributed by atoms with Crippen molar-refractivity contribution in [3.05, 3.63) is 34.9 Å². The van der Waals surface area contributed by atoms with E-state index in [1.54, 1.807) is 0 Å². The largest absolute Gasteiger partial charge is 0.352 e. The van der Waals surface area contributed by atoms with Crippen molar-refractivity contribution in [1.29, 1.82) is 0 Å². The van der Waals surface area contributed by atoms with Crippen molar-refractivity contribution in [3.8, 4) is 0 Å². The summed E-state index contributed by atoms with van der Waals surface area (Å²) < 4.78 is 0. The summed E-state index contributed by atoms with van der Waals surface area (Å²) in [5.41, 5.74) is 1.08. The summed E-state index contributed by atoms with van der Waals surface area (Å²) in [7, 11) is 0. The van der Waals surface area contributed by atoms with Crippen LogP contribution in [0.4, 0.5) is 0 Å². The average molecular weight is 283 g/mol. The van der Waals surface area contributed by atoms with Crippen LogP contribution in [-0.4, -0.2) is 18.0 Å². The summed E-state index contributed by atoms with van der Waals surface area (Å²) >= 11 is 5.92. The molecule has 1 rings (SSSR count). The summed E-state index contributed by atoms with van der Waals surface area (Å²) in [6, 6.07) is 7.66. The third-order valence-electron chi connectivity index (χ3n) is 3.01. The van der Waals surface area contributed by atoms with Gasteiger partial charge in [-0.25, -0.2) is 0 Å². The average Bonchev–Trinajstić information content (AvgIpc) is 2.36. The van der Waals surface area contributed by atoms with E-state index in [2.05, 4.69) is 17.6 Å². The maximum Gasteiger partial charge on any atom is 0.237 e. The highest BCUT2D eigenvalue weighted by Gasteiger charge is 2.14. The minimum absolute atomic E-state index is 0.0444. The normalized spacial score (nSPS) is 13.9. The van der Waals surface area contributed by atoms with Gasteiger partial charge in [-0.15, -0.1) is 0 Å². The summed E-state index contributed by atoms with van der Waals surface area (Å²) in [6.07, 6.45) is 2.08. The number of hydrogen-bond donors (Lipinski definition) is 2. The van der Waals surface area contributed by atoms with Gasteiger partial charge < -0.3 is 10.6 Å². The fourth-order valence-electron chi connectivity index (χ4n) is 1.88. The molecule has 0 aliphatic heterocycles. The Kier molecular flexibility index (Phi) is 6.89. The van der Waals surface area contributed by atoms with Gasteiger partial charge in [-0.1, -0.05) is 37.1 Å². The molecule has 1 aromatic carbocycles. The SMILES string of the molecule is CCCC(C)NC(=O)C(C)NCc1cccc(Cl)c1. The van der Waals surface area contributed by atoms with E-state index in [9.17, 15) is 4.79 Å². The van der Waals surface area contributed by atoms with Crippen molar-refractivity contribution in [3.63, 3.8) is 0 Å². The quantitative estimate of drug-likeness (QED) is 0.807. The zero-order valence-corrected chi connectivity index (χ0v) is 12.6. The van der Waals surface area contributed by atoms with Crippen molar-refractivity contribution in [1.82, 2.24) is 10.6 Å². The van der Waals surface area contributed by atoms with Crippen molar-refractivity contribution in [2.75, 3.05) is 0 Å². The molecule has 0 radical (unpaired) electrons. The minimum Gasteiger partial charge on any atom is -0.352 e. The van der Waals surface area contributed by atoms with Gasteiger partial charge in [0.1, 0.15) is 0 Å². The Hall–Kier alpha value is -1.06. The van der Waals surface area contributed by atoms with Gasteiger partial charge in [0.15, 0.2) is 0 Å². The zero-order chi connectivity index (χ0) is 14.3. The van der Waals surface area contributed by atoms with Crippen LogP contribution in [0, 0.1) is 0 Å². The van der Waals surface area contributed by atoms with Crippen molar-refractivity contribution in [2.24, 2.45) is 0 Å². The van der Waals surface area contributed by atoms with Gasteiger partial charge in [0.05, 0.1) is 6.04 Å². The lowest BCUT2D eigenvalue weighted by Crippen LogP contribution is -2.45. The molecule has 0 bridgehead atoms. The molecule has 1 amide bonds. The Bertz CT molecular complexity index is 409. The molecule has 0 saturated heterocycles. The molecule has 0 saturated carbocycles. The van der Waals surface area contributed by atoms with Gasteiger partial charge >= 0.3 is 0 Å². The molecular weight excluding hydrogens is 260 g/mol. The van der Waals surface area contributed by atoms with Gasteiger partial charge in [0, 0.05) is 17.6 Å². The maximum absolute atomic E-state index is 11.9. The van der Waals surface area contributed by atoms with Crippen LogP contribution in [0.15, 0.2) is 24.3 Å². The topological polar surface area (TPSA) is 41.1 Å². The van der Waals surface area contributed by atoms with Gasteiger partial charge in [-0.05, 0) is 38.0 Å². The molecule has 106 valence electrons. The molecule has 2 N–H and O–H groups in total.